The smallest absolute Gasteiger partial charge is 0.287 e. The van der Waals surface area contributed by atoms with Gasteiger partial charge in [0, 0.05) is 12.0 Å². The zero-order chi connectivity index (χ0) is 14.4. The van der Waals surface area contributed by atoms with Crippen molar-refractivity contribution in [3.05, 3.63) is 43.7 Å². The molecule has 2 aromatic rings. The van der Waals surface area contributed by atoms with E-state index in [9.17, 15) is 20.2 Å². The van der Waals surface area contributed by atoms with E-state index < -0.39 is 9.85 Å². The summed E-state index contributed by atoms with van der Waals surface area (Å²) >= 11 is 0. The maximum Gasteiger partial charge on any atom is 0.287 e. The first-order chi connectivity index (χ1) is 9.47. The predicted molar refractivity (Wildman–Crippen MR) is 70.7 cm³/mol. The fourth-order valence-corrected chi connectivity index (χ4v) is 2.80. The summed E-state index contributed by atoms with van der Waals surface area (Å²) in [5.41, 5.74) is 0.516. The van der Waals surface area contributed by atoms with Crippen molar-refractivity contribution in [3.8, 4) is 0 Å². The van der Waals surface area contributed by atoms with Crippen LogP contribution in [0.3, 0.4) is 0 Å². The molecule has 1 aliphatic carbocycles. The molecule has 104 valence electrons. The lowest BCUT2D eigenvalue weighted by Crippen LogP contribution is -2.09. The Kier molecular flexibility index (Phi) is 2.70. The molecule has 0 spiro atoms. The van der Waals surface area contributed by atoms with Crippen LogP contribution in [0.25, 0.3) is 11.0 Å². The van der Waals surface area contributed by atoms with Crippen LogP contribution < -0.4 is 0 Å². The molecule has 1 aliphatic rings. The number of nitro groups is 2. The topological polar surface area (TPSA) is 99.4 Å². The summed E-state index contributed by atoms with van der Waals surface area (Å²) in [6.45, 7) is 2.08. The van der Waals surface area contributed by atoms with Crippen molar-refractivity contribution in [2.75, 3.05) is 0 Å². The van der Waals surface area contributed by atoms with Crippen LogP contribution in [0.4, 0.5) is 11.4 Å². The van der Waals surface area contributed by atoms with Crippen LogP contribution in [0.1, 0.15) is 24.7 Å². The molecule has 1 atom stereocenters. The van der Waals surface area contributed by atoms with Crippen molar-refractivity contribution >= 4 is 22.3 Å². The molecule has 7 heteroatoms. The highest BCUT2D eigenvalue weighted by Crippen LogP contribution is 2.40. The average molecular weight is 276 g/mol. The standard InChI is InChI=1S/C13H12N2O5/c1-7-2-3-11-9(4-7)13-10(15(18)19)5-8(14(16)17)6-12(13)20-11/h5-7H,2-4H2,1H3/t7-/m0/s1. The highest BCUT2D eigenvalue weighted by atomic mass is 16.6. The predicted octanol–water partition coefficient (Wildman–Crippen LogP) is 3.37. The van der Waals surface area contributed by atoms with Gasteiger partial charge in [0.25, 0.3) is 11.4 Å². The Hall–Kier alpha value is -2.44. The minimum Gasteiger partial charge on any atom is -0.460 e. The maximum atomic E-state index is 11.2. The van der Waals surface area contributed by atoms with Gasteiger partial charge in [-0.05, 0) is 18.8 Å². The molecule has 7 nitrogen and oxygen atoms in total. The number of nitro benzene ring substituents is 2. The number of non-ortho nitro benzene ring substituents is 2. The molecular weight excluding hydrogens is 264 g/mol. The zero-order valence-electron chi connectivity index (χ0n) is 10.8. The molecule has 0 fully saturated rings. The van der Waals surface area contributed by atoms with Crippen molar-refractivity contribution in [1.29, 1.82) is 0 Å². The number of furan rings is 1. The van der Waals surface area contributed by atoms with Crippen LogP contribution >= 0.6 is 0 Å². The number of fused-ring (bicyclic) bond motifs is 3. The molecule has 0 unspecified atom stereocenters. The number of hydrogen-bond donors (Lipinski definition) is 0. The molecule has 0 aliphatic heterocycles. The van der Waals surface area contributed by atoms with Gasteiger partial charge in [-0.1, -0.05) is 6.92 Å². The van der Waals surface area contributed by atoms with Gasteiger partial charge in [-0.3, -0.25) is 20.2 Å². The first kappa shape index (κ1) is 12.6. The van der Waals surface area contributed by atoms with Gasteiger partial charge >= 0.3 is 0 Å². The summed E-state index contributed by atoms with van der Waals surface area (Å²) in [6.07, 6.45) is 2.39. The molecule has 1 aromatic heterocycles. The van der Waals surface area contributed by atoms with Crippen LogP contribution in [0.5, 0.6) is 0 Å². The Morgan fingerprint density at radius 2 is 2.00 bits per heavy atom. The third-order valence-corrected chi connectivity index (χ3v) is 3.76. The molecule has 0 bridgehead atoms. The van der Waals surface area contributed by atoms with Crippen LogP contribution in [0, 0.1) is 26.1 Å². The number of hydrogen-bond acceptors (Lipinski definition) is 5. The lowest BCUT2D eigenvalue weighted by atomic mass is 9.87. The first-order valence-electron chi connectivity index (χ1n) is 6.34. The fraction of sp³-hybridized carbons (Fsp3) is 0.385. The zero-order valence-corrected chi connectivity index (χ0v) is 10.8. The summed E-state index contributed by atoms with van der Waals surface area (Å²) in [5.74, 6) is 1.15. The molecule has 3 rings (SSSR count). The van der Waals surface area contributed by atoms with Gasteiger partial charge in [0.1, 0.15) is 16.7 Å². The molecule has 0 amide bonds. The molecule has 20 heavy (non-hydrogen) atoms. The Balaban J connectivity index is 2.33. The lowest BCUT2D eigenvalue weighted by Gasteiger charge is -2.16. The van der Waals surface area contributed by atoms with Crippen LogP contribution in [-0.2, 0) is 12.8 Å². The average Bonchev–Trinajstić information content (AvgIpc) is 2.75. The number of benzene rings is 1. The first-order valence-corrected chi connectivity index (χ1v) is 6.34. The van der Waals surface area contributed by atoms with Crippen molar-refractivity contribution in [3.63, 3.8) is 0 Å². The van der Waals surface area contributed by atoms with Crippen LogP contribution in [0.15, 0.2) is 16.5 Å². The van der Waals surface area contributed by atoms with Gasteiger partial charge in [-0.15, -0.1) is 0 Å². The van der Waals surface area contributed by atoms with Crippen LogP contribution in [0.2, 0.25) is 0 Å². The third kappa shape index (κ3) is 1.82. The Labute approximate surface area is 113 Å². The van der Waals surface area contributed by atoms with Gasteiger partial charge in [0.15, 0.2) is 0 Å². The van der Waals surface area contributed by atoms with Gasteiger partial charge in [-0.2, -0.15) is 0 Å². The van der Waals surface area contributed by atoms with E-state index in [1.54, 1.807) is 0 Å². The Morgan fingerprint density at radius 1 is 1.25 bits per heavy atom. The van der Waals surface area contributed by atoms with Crippen molar-refractivity contribution in [1.82, 2.24) is 0 Å². The summed E-state index contributed by atoms with van der Waals surface area (Å²) in [5, 5.41) is 22.5. The van der Waals surface area contributed by atoms with Gasteiger partial charge in [-0.25, -0.2) is 0 Å². The Bertz CT molecular complexity index is 734. The van der Waals surface area contributed by atoms with Gasteiger partial charge < -0.3 is 4.42 Å². The molecule has 1 aromatic carbocycles. The van der Waals surface area contributed by atoms with Crippen molar-refractivity contribution < 1.29 is 14.3 Å². The quantitative estimate of drug-likeness (QED) is 0.618. The second-order valence-corrected chi connectivity index (χ2v) is 5.20. The van der Waals surface area contributed by atoms with Crippen molar-refractivity contribution in [2.24, 2.45) is 5.92 Å². The monoisotopic (exact) mass is 276 g/mol. The van der Waals surface area contributed by atoms with Gasteiger partial charge in [0.05, 0.1) is 22.0 Å². The van der Waals surface area contributed by atoms with E-state index in [0.29, 0.717) is 17.7 Å². The molecule has 0 radical (unpaired) electrons. The molecule has 1 heterocycles. The summed E-state index contributed by atoms with van der Waals surface area (Å²) in [7, 11) is 0. The second kappa shape index (κ2) is 4.29. The van der Waals surface area contributed by atoms with Crippen molar-refractivity contribution in [2.45, 2.75) is 26.2 Å². The second-order valence-electron chi connectivity index (χ2n) is 5.20. The minimum atomic E-state index is -0.642. The van der Waals surface area contributed by atoms with E-state index in [1.807, 2.05) is 0 Å². The molecule has 0 N–H and O–H groups in total. The van der Waals surface area contributed by atoms with E-state index in [1.165, 1.54) is 6.07 Å². The molecule has 0 saturated carbocycles. The summed E-state index contributed by atoms with van der Waals surface area (Å²) in [6, 6.07) is 2.28. The van der Waals surface area contributed by atoms with E-state index in [4.69, 9.17) is 4.42 Å². The number of rotatable bonds is 2. The highest BCUT2D eigenvalue weighted by Gasteiger charge is 2.29. The van der Waals surface area contributed by atoms with Crippen LogP contribution in [-0.4, -0.2) is 9.85 Å². The fourth-order valence-electron chi connectivity index (χ4n) is 2.80. The van der Waals surface area contributed by atoms with E-state index in [2.05, 4.69) is 6.92 Å². The molecular formula is C13H12N2O5. The largest absolute Gasteiger partial charge is 0.460 e. The maximum absolute atomic E-state index is 11.2. The Morgan fingerprint density at radius 3 is 2.65 bits per heavy atom. The van der Waals surface area contributed by atoms with E-state index in [-0.39, 0.29) is 17.0 Å². The minimum absolute atomic E-state index is 0.241. The summed E-state index contributed by atoms with van der Waals surface area (Å²) in [4.78, 5) is 20.8. The normalized spacial score (nSPS) is 17.9. The number of nitrogens with zero attached hydrogens (tertiary/aromatic N) is 2. The summed E-state index contributed by atoms with van der Waals surface area (Å²) < 4.78 is 5.61. The van der Waals surface area contributed by atoms with E-state index >= 15 is 0 Å². The van der Waals surface area contributed by atoms with E-state index in [0.717, 1.165) is 30.2 Å². The SMILES string of the molecule is C[C@H]1CCc2oc3cc([N+](=O)[O-])cc([N+](=O)[O-])c3c2C1. The van der Waals surface area contributed by atoms with Gasteiger partial charge in [0.2, 0.25) is 0 Å². The molecule has 0 saturated heterocycles. The third-order valence-electron chi connectivity index (χ3n) is 3.76. The lowest BCUT2D eigenvalue weighted by molar-refractivity contribution is -0.393. The highest BCUT2D eigenvalue weighted by molar-refractivity contribution is 5.93. The number of aryl methyl sites for hydroxylation is 1.